The van der Waals surface area contributed by atoms with E-state index in [4.69, 9.17) is 9.47 Å². The van der Waals surface area contributed by atoms with Crippen molar-refractivity contribution in [2.24, 2.45) is 0 Å². The molecule has 3 heteroatoms. The van der Waals surface area contributed by atoms with E-state index in [1.165, 1.54) is 5.56 Å². The third kappa shape index (κ3) is 2.25. The number of fused-ring (bicyclic) bond motifs is 1. The zero-order valence-electron chi connectivity index (χ0n) is 11.7. The minimum atomic E-state index is -0.619. The van der Waals surface area contributed by atoms with Crippen LogP contribution in [0.3, 0.4) is 0 Å². The van der Waals surface area contributed by atoms with Gasteiger partial charge >= 0.3 is 0 Å². The normalized spacial score (nSPS) is 14.6. The topological polar surface area (TPSA) is 38.7 Å². The number of methoxy groups -OCH3 is 1. The van der Waals surface area contributed by atoms with E-state index in [1.807, 2.05) is 43.3 Å². The summed E-state index contributed by atoms with van der Waals surface area (Å²) >= 11 is 0. The van der Waals surface area contributed by atoms with E-state index in [2.05, 4.69) is 0 Å². The summed E-state index contributed by atoms with van der Waals surface area (Å²) in [5.74, 6) is 1.74. The van der Waals surface area contributed by atoms with E-state index >= 15 is 0 Å². The Kier molecular flexibility index (Phi) is 3.36. The molecule has 1 N–H and O–H groups in total. The molecule has 2 aromatic rings. The third-order valence-electron chi connectivity index (χ3n) is 3.80. The van der Waals surface area contributed by atoms with E-state index in [1.54, 1.807) is 7.11 Å². The van der Waals surface area contributed by atoms with Crippen molar-refractivity contribution < 1.29 is 14.6 Å². The maximum Gasteiger partial charge on any atom is 0.122 e. The summed E-state index contributed by atoms with van der Waals surface area (Å²) in [6, 6.07) is 11.6. The standard InChI is InChI=1S/C17H18O3/c1-11-9-14(19-2)4-5-15(11)17(18)13-3-6-16-12(10-13)7-8-20-16/h3-6,9-10,17-18H,7-8H2,1-2H3. The van der Waals surface area contributed by atoms with Gasteiger partial charge in [0.15, 0.2) is 0 Å². The molecule has 20 heavy (non-hydrogen) atoms. The van der Waals surface area contributed by atoms with Gasteiger partial charge in [0.2, 0.25) is 0 Å². The maximum absolute atomic E-state index is 10.6. The molecule has 1 atom stereocenters. The largest absolute Gasteiger partial charge is 0.497 e. The van der Waals surface area contributed by atoms with Gasteiger partial charge in [-0.2, -0.15) is 0 Å². The zero-order chi connectivity index (χ0) is 14.1. The second-order valence-electron chi connectivity index (χ2n) is 5.09. The van der Waals surface area contributed by atoms with Crippen molar-refractivity contribution in [3.05, 3.63) is 58.7 Å². The molecular formula is C17H18O3. The van der Waals surface area contributed by atoms with Crippen LogP contribution in [0.2, 0.25) is 0 Å². The van der Waals surface area contributed by atoms with Gasteiger partial charge in [0.25, 0.3) is 0 Å². The number of hydrogen-bond donors (Lipinski definition) is 1. The molecule has 0 spiro atoms. The van der Waals surface area contributed by atoms with Crippen LogP contribution >= 0.6 is 0 Å². The number of hydrogen-bond acceptors (Lipinski definition) is 3. The van der Waals surface area contributed by atoms with Crippen LogP contribution in [0.15, 0.2) is 36.4 Å². The SMILES string of the molecule is COc1ccc(C(O)c2ccc3c(c2)CCO3)c(C)c1. The van der Waals surface area contributed by atoms with Crippen LogP contribution < -0.4 is 9.47 Å². The van der Waals surface area contributed by atoms with E-state index < -0.39 is 6.10 Å². The Morgan fingerprint density at radius 1 is 1.20 bits per heavy atom. The molecule has 0 saturated heterocycles. The highest BCUT2D eigenvalue weighted by atomic mass is 16.5. The summed E-state index contributed by atoms with van der Waals surface area (Å²) in [5, 5.41) is 10.6. The Morgan fingerprint density at radius 2 is 2.05 bits per heavy atom. The van der Waals surface area contributed by atoms with Crippen molar-refractivity contribution in [3.8, 4) is 11.5 Å². The first-order chi connectivity index (χ1) is 9.69. The van der Waals surface area contributed by atoms with Crippen molar-refractivity contribution in [2.45, 2.75) is 19.4 Å². The zero-order valence-corrected chi connectivity index (χ0v) is 11.7. The Morgan fingerprint density at radius 3 is 2.80 bits per heavy atom. The lowest BCUT2D eigenvalue weighted by atomic mass is 9.95. The summed E-state index contributed by atoms with van der Waals surface area (Å²) in [4.78, 5) is 0. The van der Waals surface area contributed by atoms with Gasteiger partial charge in [-0.3, -0.25) is 0 Å². The van der Waals surface area contributed by atoms with Crippen LogP contribution in [0, 0.1) is 6.92 Å². The number of ether oxygens (including phenoxy) is 2. The quantitative estimate of drug-likeness (QED) is 0.931. The van der Waals surface area contributed by atoms with Gasteiger partial charge in [-0.05, 0) is 53.4 Å². The maximum atomic E-state index is 10.6. The Hall–Kier alpha value is -2.00. The summed E-state index contributed by atoms with van der Waals surface area (Å²) in [6.07, 6.45) is 0.295. The Labute approximate surface area is 118 Å². The van der Waals surface area contributed by atoms with Crippen LogP contribution in [-0.2, 0) is 6.42 Å². The van der Waals surface area contributed by atoms with Crippen LogP contribution in [0.25, 0.3) is 0 Å². The first kappa shape index (κ1) is 13.0. The summed E-state index contributed by atoms with van der Waals surface area (Å²) < 4.78 is 10.7. The average molecular weight is 270 g/mol. The molecule has 1 heterocycles. The van der Waals surface area contributed by atoms with E-state index in [9.17, 15) is 5.11 Å². The van der Waals surface area contributed by atoms with Gasteiger partial charge in [-0.25, -0.2) is 0 Å². The van der Waals surface area contributed by atoms with E-state index in [-0.39, 0.29) is 0 Å². The molecule has 1 unspecified atom stereocenters. The van der Waals surface area contributed by atoms with Crippen molar-refractivity contribution >= 4 is 0 Å². The van der Waals surface area contributed by atoms with Gasteiger partial charge in [0.05, 0.1) is 13.7 Å². The van der Waals surface area contributed by atoms with Gasteiger partial charge in [-0.15, -0.1) is 0 Å². The Balaban J connectivity index is 1.94. The predicted molar refractivity (Wildman–Crippen MR) is 77.4 cm³/mol. The van der Waals surface area contributed by atoms with Crippen LogP contribution in [-0.4, -0.2) is 18.8 Å². The lowest BCUT2D eigenvalue weighted by Gasteiger charge is -2.16. The van der Waals surface area contributed by atoms with Gasteiger partial charge in [0.1, 0.15) is 17.6 Å². The molecule has 0 amide bonds. The molecule has 0 saturated carbocycles. The highest BCUT2D eigenvalue weighted by Crippen LogP contribution is 2.32. The second-order valence-corrected chi connectivity index (χ2v) is 5.09. The van der Waals surface area contributed by atoms with E-state index in [0.717, 1.165) is 41.2 Å². The smallest absolute Gasteiger partial charge is 0.122 e. The molecule has 1 aliphatic heterocycles. The molecule has 3 nitrogen and oxygen atoms in total. The molecular weight excluding hydrogens is 252 g/mol. The molecule has 0 aromatic heterocycles. The van der Waals surface area contributed by atoms with Crippen molar-refractivity contribution in [1.29, 1.82) is 0 Å². The minimum absolute atomic E-state index is 0.619. The van der Waals surface area contributed by atoms with Crippen molar-refractivity contribution in [2.75, 3.05) is 13.7 Å². The van der Waals surface area contributed by atoms with E-state index in [0.29, 0.717) is 0 Å². The third-order valence-corrected chi connectivity index (χ3v) is 3.80. The fourth-order valence-corrected chi connectivity index (χ4v) is 2.64. The number of rotatable bonds is 3. The monoisotopic (exact) mass is 270 g/mol. The first-order valence-electron chi connectivity index (χ1n) is 6.77. The fourth-order valence-electron chi connectivity index (χ4n) is 2.64. The Bertz CT molecular complexity index is 634. The lowest BCUT2D eigenvalue weighted by Crippen LogP contribution is -2.02. The lowest BCUT2D eigenvalue weighted by molar-refractivity contribution is 0.219. The first-order valence-corrected chi connectivity index (χ1v) is 6.77. The molecule has 2 aromatic carbocycles. The fraction of sp³-hybridized carbons (Fsp3) is 0.294. The van der Waals surface area contributed by atoms with Crippen LogP contribution in [0.1, 0.15) is 28.4 Å². The molecule has 0 radical (unpaired) electrons. The molecule has 3 rings (SSSR count). The van der Waals surface area contributed by atoms with Gasteiger partial charge in [0, 0.05) is 6.42 Å². The highest BCUT2D eigenvalue weighted by Gasteiger charge is 2.18. The number of aliphatic hydroxyl groups excluding tert-OH is 1. The van der Waals surface area contributed by atoms with Crippen LogP contribution in [0.5, 0.6) is 11.5 Å². The molecule has 1 aliphatic rings. The number of aliphatic hydroxyl groups is 1. The summed E-state index contributed by atoms with van der Waals surface area (Å²) in [7, 11) is 1.64. The summed E-state index contributed by atoms with van der Waals surface area (Å²) in [5.41, 5.74) is 4.01. The molecule has 104 valence electrons. The second kappa shape index (κ2) is 5.17. The predicted octanol–water partition coefficient (Wildman–Crippen LogP) is 3.02. The van der Waals surface area contributed by atoms with Gasteiger partial charge in [-0.1, -0.05) is 12.1 Å². The minimum Gasteiger partial charge on any atom is -0.497 e. The van der Waals surface area contributed by atoms with Gasteiger partial charge < -0.3 is 14.6 Å². The molecule has 0 aliphatic carbocycles. The number of benzene rings is 2. The van der Waals surface area contributed by atoms with Crippen molar-refractivity contribution in [1.82, 2.24) is 0 Å². The number of aryl methyl sites for hydroxylation is 1. The average Bonchev–Trinajstić information content (AvgIpc) is 2.93. The molecule has 0 fully saturated rings. The van der Waals surface area contributed by atoms with Crippen molar-refractivity contribution in [3.63, 3.8) is 0 Å². The van der Waals surface area contributed by atoms with Crippen LogP contribution in [0.4, 0.5) is 0 Å². The molecule has 0 bridgehead atoms. The highest BCUT2D eigenvalue weighted by molar-refractivity contribution is 5.45. The summed E-state index contributed by atoms with van der Waals surface area (Å²) in [6.45, 7) is 2.72.